The number of carbonyl (C=O) groups excluding carboxylic acids is 2. The van der Waals surface area contributed by atoms with E-state index in [4.69, 9.17) is 4.74 Å². The number of rotatable bonds is 7. The standard InChI is InChI=1S/C11H17N3O3S2/c1-4-7(2)9(10(16)17-3)13-8(15)5-18-11-14-12-6-19-11/h6-7,9H,4-5H2,1-3H3,(H,13,15). The summed E-state index contributed by atoms with van der Waals surface area (Å²) in [6.07, 6.45) is 0.781. The van der Waals surface area contributed by atoms with Crippen LogP contribution in [0.5, 0.6) is 0 Å². The molecule has 1 heterocycles. The van der Waals surface area contributed by atoms with Gasteiger partial charge in [0.1, 0.15) is 11.6 Å². The first kappa shape index (κ1) is 15.9. The first-order valence-electron chi connectivity index (χ1n) is 5.84. The maximum Gasteiger partial charge on any atom is 0.328 e. The van der Waals surface area contributed by atoms with Gasteiger partial charge in [-0.25, -0.2) is 4.79 Å². The third-order valence-corrected chi connectivity index (χ3v) is 4.51. The summed E-state index contributed by atoms with van der Waals surface area (Å²) in [5.74, 6) is -0.387. The number of carbonyl (C=O) groups is 2. The van der Waals surface area contributed by atoms with Gasteiger partial charge in [-0.2, -0.15) is 0 Å². The van der Waals surface area contributed by atoms with Crippen LogP contribution in [0.25, 0.3) is 0 Å². The van der Waals surface area contributed by atoms with Gasteiger partial charge in [0, 0.05) is 0 Å². The van der Waals surface area contributed by atoms with Crippen LogP contribution >= 0.6 is 23.1 Å². The van der Waals surface area contributed by atoms with E-state index in [1.165, 1.54) is 30.2 Å². The zero-order chi connectivity index (χ0) is 14.3. The molecule has 0 spiro atoms. The van der Waals surface area contributed by atoms with Gasteiger partial charge in [0.25, 0.3) is 0 Å². The Labute approximate surface area is 120 Å². The molecule has 0 radical (unpaired) electrons. The van der Waals surface area contributed by atoms with E-state index in [2.05, 4.69) is 15.5 Å². The highest BCUT2D eigenvalue weighted by Crippen LogP contribution is 2.18. The lowest BCUT2D eigenvalue weighted by molar-refractivity contribution is -0.146. The van der Waals surface area contributed by atoms with Crippen LogP contribution in [-0.4, -0.2) is 41.0 Å². The minimum Gasteiger partial charge on any atom is -0.467 e. The largest absolute Gasteiger partial charge is 0.467 e. The van der Waals surface area contributed by atoms with Crippen LogP contribution in [0.15, 0.2) is 9.85 Å². The summed E-state index contributed by atoms with van der Waals surface area (Å²) in [6.45, 7) is 3.86. The van der Waals surface area contributed by atoms with E-state index >= 15 is 0 Å². The number of nitrogens with one attached hydrogen (secondary N) is 1. The molecule has 19 heavy (non-hydrogen) atoms. The molecule has 2 unspecified atom stereocenters. The molecule has 0 saturated heterocycles. The Morgan fingerprint density at radius 2 is 2.32 bits per heavy atom. The molecular weight excluding hydrogens is 286 g/mol. The summed E-state index contributed by atoms with van der Waals surface area (Å²) in [6, 6.07) is -0.600. The van der Waals surface area contributed by atoms with E-state index in [9.17, 15) is 9.59 Å². The summed E-state index contributed by atoms with van der Waals surface area (Å²) in [4.78, 5) is 23.4. The molecule has 0 saturated carbocycles. The van der Waals surface area contributed by atoms with Gasteiger partial charge in [-0.1, -0.05) is 43.4 Å². The highest BCUT2D eigenvalue weighted by molar-refractivity contribution is 8.01. The van der Waals surface area contributed by atoms with Gasteiger partial charge in [0.2, 0.25) is 5.91 Å². The third kappa shape index (κ3) is 5.15. The predicted octanol–water partition coefficient (Wildman–Crippen LogP) is 1.33. The molecule has 0 aliphatic rings. The van der Waals surface area contributed by atoms with Crippen molar-refractivity contribution in [3.8, 4) is 0 Å². The monoisotopic (exact) mass is 303 g/mol. The Kier molecular flexibility index (Phi) is 6.79. The molecule has 0 aliphatic heterocycles. The Morgan fingerprint density at radius 3 is 2.84 bits per heavy atom. The van der Waals surface area contributed by atoms with Crippen LogP contribution in [0.4, 0.5) is 0 Å². The fourth-order valence-electron chi connectivity index (χ4n) is 1.36. The van der Waals surface area contributed by atoms with Crippen molar-refractivity contribution >= 4 is 35.0 Å². The lowest BCUT2D eigenvalue weighted by Crippen LogP contribution is -2.46. The summed E-state index contributed by atoms with van der Waals surface area (Å²) < 4.78 is 5.44. The number of nitrogens with zero attached hydrogens (tertiary/aromatic N) is 2. The summed E-state index contributed by atoms with van der Waals surface area (Å²) in [5.41, 5.74) is 1.61. The van der Waals surface area contributed by atoms with Gasteiger partial charge >= 0.3 is 5.97 Å². The van der Waals surface area contributed by atoms with Crippen LogP contribution in [0, 0.1) is 5.92 Å². The van der Waals surface area contributed by atoms with Gasteiger partial charge in [0.15, 0.2) is 4.34 Å². The van der Waals surface area contributed by atoms with Crippen LogP contribution in [0.2, 0.25) is 0 Å². The molecule has 1 aromatic rings. The molecule has 2 atom stereocenters. The lowest BCUT2D eigenvalue weighted by Gasteiger charge is -2.21. The van der Waals surface area contributed by atoms with Crippen molar-refractivity contribution in [2.75, 3.05) is 12.9 Å². The highest BCUT2D eigenvalue weighted by atomic mass is 32.2. The first-order chi connectivity index (χ1) is 9.08. The second-order valence-corrected chi connectivity index (χ2v) is 6.00. The molecule has 1 amide bonds. The zero-order valence-corrected chi connectivity index (χ0v) is 12.7. The number of ether oxygens (including phenoxy) is 1. The fraction of sp³-hybridized carbons (Fsp3) is 0.636. The van der Waals surface area contributed by atoms with Crippen molar-refractivity contribution in [1.82, 2.24) is 15.5 Å². The average molecular weight is 303 g/mol. The van der Waals surface area contributed by atoms with E-state index in [0.29, 0.717) is 0 Å². The van der Waals surface area contributed by atoms with E-state index in [0.717, 1.165) is 10.8 Å². The topological polar surface area (TPSA) is 81.2 Å². The molecule has 6 nitrogen and oxygen atoms in total. The number of hydrogen-bond donors (Lipinski definition) is 1. The van der Waals surface area contributed by atoms with Crippen LogP contribution in [0.3, 0.4) is 0 Å². The number of aromatic nitrogens is 2. The van der Waals surface area contributed by atoms with Crippen molar-refractivity contribution in [1.29, 1.82) is 0 Å². The Balaban J connectivity index is 2.48. The number of thioether (sulfide) groups is 1. The quantitative estimate of drug-likeness (QED) is 0.604. The second kappa shape index (κ2) is 8.11. The number of methoxy groups -OCH3 is 1. The SMILES string of the molecule is CCC(C)C(NC(=O)CSc1nncs1)C(=O)OC. The van der Waals surface area contributed by atoms with Gasteiger partial charge in [0.05, 0.1) is 12.9 Å². The normalized spacial score (nSPS) is 13.6. The van der Waals surface area contributed by atoms with Crippen molar-refractivity contribution < 1.29 is 14.3 Å². The molecule has 0 aliphatic carbocycles. The van der Waals surface area contributed by atoms with E-state index in [1.54, 1.807) is 5.51 Å². The summed E-state index contributed by atoms with van der Waals surface area (Å²) >= 11 is 2.67. The van der Waals surface area contributed by atoms with Crippen molar-refractivity contribution in [2.45, 2.75) is 30.6 Å². The summed E-state index contributed by atoms with van der Waals surface area (Å²) in [7, 11) is 1.32. The predicted molar refractivity (Wildman–Crippen MR) is 74.0 cm³/mol. The van der Waals surface area contributed by atoms with E-state index in [-0.39, 0.29) is 17.6 Å². The fourth-order valence-corrected chi connectivity index (χ4v) is 2.66. The van der Waals surface area contributed by atoms with Gasteiger partial charge in [-0.15, -0.1) is 10.2 Å². The molecule has 0 bridgehead atoms. The third-order valence-electron chi connectivity index (χ3n) is 2.65. The molecule has 1 N–H and O–H groups in total. The van der Waals surface area contributed by atoms with E-state index in [1.807, 2.05) is 13.8 Å². The summed E-state index contributed by atoms with van der Waals surface area (Å²) in [5, 5.41) is 10.2. The van der Waals surface area contributed by atoms with Crippen molar-refractivity contribution in [3.05, 3.63) is 5.51 Å². The maximum atomic E-state index is 11.8. The van der Waals surface area contributed by atoms with Gasteiger partial charge in [-0.05, 0) is 5.92 Å². The van der Waals surface area contributed by atoms with Gasteiger partial charge < -0.3 is 10.1 Å². The van der Waals surface area contributed by atoms with E-state index < -0.39 is 12.0 Å². The number of amides is 1. The first-order valence-corrected chi connectivity index (χ1v) is 7.71. The number of hydrogen-bond acceptors (Lipinski definition) is 7. The van der Waals surface area contributed by atoms with Crippen LogP contribution < -0.4 is 5.32 Å². The molecule has 8 heteroatoms. The van der Waals surface area contributed by atoms with Crippen LogP contribution in [0.1, 0.15) is 20.3 Å². The highest BCUT2D eigenvalue weighted by Gasteiger charge is 2.26. The Bertz CT molecular complexity index is 411. The minimum atomic E-state index is -0.600. The van der Waals surface area contributed by atoms with Crippen LogP contribution in [-0.2, 0) is 14.3 Å². The molecule has 1 aromatic heterocycles. The molecular formula is C11H17N3O3S2. The second-order valence-electron chi connectivity index (χ2n) is 3.95. The van der Waals surface area contributed by atoms with Crippen molar-refractivity contribution in [3.63, 3.8) is 0 Å². The zero-order valence-electron chi connectivity index (χ0n) is 11.1. The Hall–Kier alpha value is -1.15. The average Bonchev–Trinajstić information content (AvgIpc) is 2.94. The molecule has 106 valence electrons. The lowest BCUT2D eigenvalue weighted by atomic mass is 9.99. The molecule has 0 aromatic carbocycles. The molecule has 0 fully saturated rings. The maximum absolute atomic E-state index is 11.8. The molecule has 1 rings (SSSR count). The van der Waals surface area contributed by atoms with Gasteiger partial charge in [-0.3, -0.25) is 4.79 Å². The smallest absolute Gasteiger partial charge is 0.328 e. The Morgan fingerprint density at radius 1 is 1.58 bits per heavy atom. The number of esters is 1. The minimum absolute atomic E-state index is 0.0305. The van der Waals surface area contributed by atoms with Crippen molar-refractivity contribution in [2.24, 2.45) is 5.92 Å².